The lowest BCUT2D eigenvalue weighted by Crippen LogP contribution is -2.16. The van der Waals surface area contributed by atoms with Crippen molar-refractivity contribution in [3.05, 3.63) is 0 Å². The van der Waals surface area contributed by atoms with Crippen molar-refractivity contribution in [3.8, 4) is 0 Å². The van der Waals surface area contributed by atoms with E-state index in [2.05, 4.69) is 0 Å². The zero-order valence-electron chi connectivity index (χ0n) is 14.5. The SMILES string of the molecule is CC(O)CCCCCCCCCCCCCC(C)S(=O)(=O)O. The monoisotopic (exact) mass is 336 g/mol. The number of unbranched alkanes of at least 4 members (excludes halogenated alkanes) is 10. The fourth-order valence-electron chi connectivity index (χ4n) is 2.61. The number of rotatable bonds is 15. The van der Waals surface area contributed by atoms with Crippen molar-refractivity contribution < 1.29 is 18.1 Å². The van der Waals surface area contributed by atoms with Crippen molar-refractivity contribution in [1.29, 1.82) is 0 Å². The van der Waals surface area contributed by atoms with Crippen LogP contribution in [0.4, 0.5) is 0 Å². The van der Waals surface area contributed by atoms with E-state index >= 15 is 0 Å². The fourth-order valence-corrected chi connectivity index (χ4v) is 3.08. The summed E-state index contributed by atoms with van der Waals surface area (Å²) in [6.45, 7) is 3.42. The molecule has 0 aliphatic heterocycles. The van der Waals surface area contributed by atoms with Gasteiger partial charge in [0.25, 0.3) is 10.1 Å². The van der Waals surface area contributed by atoms with Gasteiger partial charge in [0.05, 0.1) is 11.4 Å². The molecular formula is C17H36O4S. The van der Waals surface area contributed by atoms with Gasteiger partial charge in [0, 0.05) is 0 Å². The van der Waals surface area contributed by atoms with E-state index in [0.717, 1.165) is 32.1 Å². The molecule has 134 valence electrons. The number of hydrogen-bond acceptors (Lipinski definition) is 3. The molecular weight excluding hydrogens is 300 g/mol. The van der Waals surface area contributed by atoms with E-state index in [9.17, 15) is 8.42 Å². The van der Waals surface area contributed by atoms with Crippen LogP contribution in [0.25, 0.3) is 0 Å². The zero-order chi connectivity index (χ0) is 16.8. The van der Waals surface area contributed by atoms with Gasteiger partial charge in [-0.05, 0) is 26.7 Å². The topological polar surface area (TPSA) is 74.6 Å². The van der Waals surface area contributed by atoms with Crippen LogP contribution in [0.3, 0.4) is 0 Å². The van der Waals surface area contributed by atoms with Crippen LogP contribution >= 0.6 is 0 Å². The molecule has 22 heavy (non-hydrogen) atoms. The van der Waals surface area contributed by atoms with Crippen LogP contribution in [0.5, 0.6) is 0 Å². The molecule has 2 N–H and O–H groups in total. The summed E-state index contributed by atoms with van der Waals surface area (Å²) in [4.78, 5) is 0. The van der Waals surface area contributed by atoms with Gasteiger partial charge in [-0.3, -0.25) is 4.55 Å². The highest BCUT2D eigenvalue weighted by molar-refractivity contribution is 7.86. The van der Waals surface area contributed by atoms with Crippen molar-refractivity contribution in [2.75, 3.05) is 0 Å². The van der Waals surface area contributed by atoms with Gasteiger partial charge in [0.2, 0.25) is 0 Å². The molecule has 4 nitrogen and oxygen atoms in total. The molecule has 0 rings (SSSR count). The predicted octanol–water partition coefficient (Wildman–Crippen LogP) is 4.71. The molecule has 0 fully saturated rings. The molecule has 0 aromatic rings. The van der Waals surface area contributed by atoms with Gasteiger partial charge >= 0.3 is 0 Å². The highest BCUT2D eigenvalue weighted by Gasteiger charge is 2.15. The van der Waals surface area contributed by atoms with Crippen LogP contribution in [0, 0.1) is 0 Å². The molecule has 0 radical (unpaired) electrons. The summed E-state index contributed by atoms with van der Waals surface area (Å²) in [5, 5.41) is 8.52. The first-order valence-electron chi connectivity index (χ1n) is 8.98. The molecule has 2 unspecified atom stereocenters. The molecule has 0 aromatic heterocycles. The van der Waals surface area contributed by atoms with Gasteiger partial charge < -0.3 is 5.11 Å². The standard InChI is InChI=1S/C17H36O4S/c1-16(18)14-12-10-8-6-4-3-5-7-9-11-13-15-17(2)22(19,20)21/h16-18H,3-15H2,1-2H3,(H,19,20,21). The summed E-state index contributed by atoms with van der Waals surface area (Å²) >= 11 is 0. The fraction of sp³-hybridized carbons (Fsp3) is 1.00. The second kappa shape index (κ2) is 13.3. The smallest absolute Gasteiger partial charge is 0.267 e. The van der Waals surface area contributed by atoms with Crippen LogP contribution in [0.15, 0.2) is 0 Å². The summed E-state index contributed by atoms with van der Waals surface area (Å²) in [5.74, 6) is 0. The molecule has 5 heteroatoms. The van der Waals surface area contributed by atoms with Crippen molar-refractivity contribution in [2.45, 2.75) is 109 Å². The second-order valence-corrected chi connectivity index (χ2v) is 8.48. The van der Waals surface area contributed by atoms with Crippen LogP contribution < -0.4 is 0 Å². The Labute approximate surface area is 137 Å². The van der Waals surface area contributed by atoms with E-state index in [0.29, 0.717) is 6.42 Å². The van der Waals surface area contributed by atoms with Gasteiger partial charge in [0.15, 0.2) is 0 Å². The van der Waals surface area contributed by atoms with E-state index in [-0.39, 0.29) is 6.10 Å². The minimum atomic E-state index is -3.84. The van der Waals surface area contributed by atoms with Gasteiger partial charge in [-0.25, -0.2) is 0 Å². The van der Waals surface area contributed by atoms with Crippen molar-refractivity contribution >= 4 is 10.1 Å². The van der Waals surface area contributed by atoms with Crippen LogP contribution in [-0.4, -0.2) is 29.4 Å². The highest BCUT2D eigenvalue weighted by atomic mass is 32.2. The maximum absolute atomic E-state index is 10.8. The van der Waals surface area contributed by atoms with Crippen molar-refractivity contribution in [2.24, 2.45) is 0 Å². The Kier molecular flexibility index (Phi) is 13.2. The summed E-state index contributed by atoms with van der Waals surface area (Å²) in [6.07, 6.45) is 14.5. The number of hydrogen-bond donors (Lipinski definition) is 2. The second-order valence-electron chi connectivity index (χ2n) is 6.64. The van der Waals surface area contributed by atoms with Crippen LogP contribution in [0.1, 0.15) is 97.3 Å². The number of aliphatic hydroxyl groups excluding tert-OH is 1. The molecule has 0 heterocycles. The lowest BCUT2D eigenvalue weighted by molar-refractivity contribution is 0.180. The zero-order valence-corrected chi connectivity index (χ0v) is 15.3. The molecule has 0 saturated heterocycles. The van der Waals surface area contributed by atoms with Gasteiger partial charge in [-0.15, -0.1) is 0 Å². The minimum absolute atomic E-state index is 0.152. The highest BCUT2D eigenvalue weighted by Crippen LogP contribution is 2.14. The normalized spacial score (nSPS) is 14.9. The Morgan fingerprint density at radius 3 is 1.32 bits per heavy atom. The van der Waals surface area contributed by atoms with Gasteiger partial charge in [-0.2, -0.15) is 8.42 Å². The van der Waals surface area contributed by atoms with Gasteiger partial charge in [0.1, 0.15) is 0 Å². The first-order valence-corrected chi connectivity index (χ1v) is 10.5. The summed E-state index contributed by atoms with van der Waals surface area (Å²) in [7, 11) is -3.84. The summed E-state index contributed by atoms with van der Waals surface area (Å²) in [5.41, 5.74) is 0. The Balaban J connectivity index is 3.18. The van der Waals surface area contributed by atoms with Crippen LogP contribution in [-0.2, 0) is 10.1 Å². The van der Waals surface area contributed by atoms with Crippen molar-refractivity contribution in [1.82, 2.24) is 0 Å². The maximum Gasteiger partial charge on any atom is 0.267 e. The van der Waals surface area contributed by atoms with E-state index in [1.165, 1.54) is 44.9 Å². The first-order chi connectivity index (χ1) is 10.3. The van der Waals surface area contributed by atoms with E-state index in [4.69, 9.17) is 9.66 Å². The largest absolute Gasteiger partial charge is 0.393 e. The molecule has 0 aliphatic carbocycles. The molecule has 0 spiro atoms. The third-order valence-corrected chi connectivity index (χ3v) is 5.49. The quantitative estimate of drug-likeness (QED) is 0.335. The molecule has 2 atom stereocenters. The Bertz CT molecular complexity index is 339. The lowest BCUT2D eigenvalue weighted by atomic mass is 10.0. The average Bonchev–Trinajstić information content (AvgIpc) is 2.42. The molecule has 0 bridgehead atoms. The Morgan fingerprint density at radius 2 is 1.00 bits per heavy atom. The lowest BCUT2D eigenvalue weighted by Gasteiger charge is -2.07. The van der Waals surface area contributed by atoms with E-state index in [1.807, 2.05) is 6.92 Å². The molecule has 0 aliphatic rings. The average molecular weight is 337 g/mol. The molecule has 0 saturated carbocycles. The predicted molar refractivity (Wildman–Crippen MR) is 92.7 cm³/mol. The van der Waals surface area contributed by atoms with Crippen LogP contribution in [0.2, 0.25) is 0 Å². The summed E-state index contributed by atoms with van der Waals surface area (Å²) < 4.78 is 30.5. The minimum Gasteiger partial charge on any atom is -0.393 e. The Hall–Kier alpha value is -0.130. The van der Waals surface area contributed by atoms with E-state index in [1.54, 1.807) is 6.92 Å². The third kappa shape index (κ3) is 14.8. The third-order valence-electron chi connectivity index (χ3n) is 4.24. The number of aliphatic hydroxyl groups is 1. The van der Waals surface area contributed by atoms with Crippen molar-refractivity contribution in [3.63, 3.8) is 0 Å². The first kappa shape index (κ1) is 21.9. The molecule has 0 amide bonds. The maximum atomic E-state index is 10.8. The van der Waals surface area contributed by atoms with Gasteiger partial charge in [-0.1, -0.05) is 70.6 Å². The molecule has 0 aromatic carbocycles. The Morgan fingerprint density at radius 1 is 0.682 bits per heavy atom. The van der Waals surface area contributed by atoms with E-state index < -0.39 is 15.4 Å². The summed E-state index contributed by atoms with van der Waals surface area (Å²) in [6, 6.07) is 0.